The number of halogens is 3. The minimum atomic E-state index is -4.58. The van der Waals surface area contributed by atoms with Crippen molar-refractivity contribution in [3.05, 3.63) is 52.9 Å². The average Bonchev–Trinajstić information content (AvgIpc) is 2.99. The fraction of sp³-hybridized carbons (Fsp3) is 0.684. The summed E-state index contributed by atoms with van der Waals surface area (Å²) in [5.41, 5.74) is 2.52. The summed E-state index contributed by atoms with van der Waals surface area (Å²) in [6.45, 7) is 15.9. The van der Waals surface area contributed by atoms with Crippen LogP contribution in [0.15, 0.2) is 46.7 Å². The normalized spacial score (nSPS) is 16.2. The van der Waals surface area contributed by atoms with Crippen molar-refractivity contribution in [1.82, 2.24) is 10.2 Å². The highest BCUT2D eigenvalue weighted by atomic mass is 19.4. The first-order valence-electron chi connectivity index (χ1n) is 17.9. The Balaban J connectivity index is 2.31. The van der Waals surface area contributed by atoms with Gasteiger partial charge < -0.3 is 15.5 Å². The van der Waals surface area contributed by atoms with Gasteiger partial charge in [0.1, 0.15) is 5.84 Å². The molecule has 0 radical (unpaired) electrons. The second-order valence-electron chi connectivity index (χ2n) is 13.0. The van der Waals surface area contributed by atoms with Crippen LogP contribution in [0.2, 0.25) is 0 Å². The molecule has 1 aliphatic carbocycles. The van der Waals surface area contributed by atoms with Crippen molar-refractivity contribution in [2.24, 2.45) is 16.8 Å². The minimum Gasteiger partial charge on any atom is -0.384 e. The third kappa shape index (κ3) is 12.8. The highest BCUT2D eigenvalue weighted by Gasteiger charge is 2.37. The molecule has 260 valence electrons. The van der Waals surface area contributed by atoms with Crippen LogP contribution in [0.3, 0.4) is 0 Å². The number of carbonyl (C=O) groups is 1. The monoisotopic (exact) mass is 646 g/mol. The molecule has 1 saturated carbocycles. The number of hydrogen-bond donors (Lipinski definition) is 2. The number of rotatable bonds is 20. The number of nitrogens with zero attached hydrogens (tertiary/aromatic N) is 2. The van der Waals surface area contributed by atoms with Crippen molar-refractivity contribution in [3.63, 3.8) is 0 Å². The van der Waals surface area contributed by atoms with Gasteiger partial charge in [-0.25, -0.2) is 4.99 Å². The zero-order valence-electron chi connectivity index (χ0n) is 29.7. The average molecular weight is 647 g/mol. The molecule has 0 bridgehead atoms. The molecule has 0 aliphatic heterocycles. The Hall–Kier alpha value is -2.77. The molecule has 0 heterocycles. The van der Waals surface area contributed by atoms with E-state index >= 15 is 0 Å². The molecule has 1 aromatic rings. The standard InChI is InChI=1S/C38H61F3N4O/c1-8-13-15-20-37(46)45(23-10-3)27-33(31-17-16-18-31)25-43-36(19-14-9-2)34(38(39,40)41)26-42-29(7)44-35-22-21-32(28(6)11-4)24-30(35)12-5/h19,21-22,24,26,28,31,33,43H,8-18,20,23,25,27H2,1-7H3,(H,42,44)/b34-26+,36-19-. The zero-order valence-corrected chi connectivity index (χ0v) is 29.7. The lowest BCUT2D eigenvalue weighted by Gasteiger charge is -2.38. The summed E-state index contributed by atoms with van der Waals surface area (Å²) in [4.78, 5) is 19.3. The van der Waals surface area contributed by atoms with Crippen LogP contribution in [-0.2, 0) is 11.2 Å². The molecule has 0 saturated heterocycles. The van der Waals surface area contributed by atoms with Crippen LogP contribution in [0.25, 0.3) is 0 Å². The van der Waals surface area contributed by atoms with Crippen LogP contribution in [0.4, 0.5) is 18.9 Å². The number of amides is 1. The van der Waals surface area contributed by atoms with Gasteiger partial charge in [0.2, 0.25) is 5.91 Å². The van der Waals surface area contributed by atoms with Crippen LogP contribution >= 0.6 is 0 Å². The van der Waals surface area contributed by atoms with Crippen molar-refractivity contribution in [2.45, 2.75) is 138 Å². The molecule has 2 N–H and O–H groups in total. The summed E-state index contributed by atoms with van der Waals surface area (Å²) in [6, 6.07) is 6.25. The molecular formula is C38H61F3N4O. The number of carbonyl (C=O) groups excluding carboxylic acids is 1. The first-order chi connectivity index (χ1) is 22.0. The predicted octanol–water partition coefficient (Wildman–Crippen LogP) is 10.5. The van der Waals surface area contributed by atoms with Gasteiger partial charge in [0.15, 0.2) is 0 Å². The third-order valence-electron chi connectivity index (χ3n) is 9.29. The Morgan fingerprint density at radius 1 is 1.09 bits per heavy atom. The van der Waals surface area contributed by atoms with Gasteiger partial charge in [-0.2, -0.15) is 13.2 Å². The highest BCUT2D eigenvalue weighted by Crippen LogP contribution is 2.35. The quantitative estimate of drug-likeness (QED) is 0.0641. The first-order valence-corrected chi connectivity index (χ1v) is 17.9. The summed E-state index contributed by atoms with van der Waals surface area (Å²) < 4.78 is 43.7. The Morgan fingerprint density at radius 3 is 2.39 bits per heavy atom. The lowest BCUT2D eigenvalue weighted by Crippen LogP contribution is -2.43. The Morgan fingerprint density at radius 2 is 1.83 bits per heavy atom. The molecule has 1 amide bonds. The van der Waals surface area contributed by atoms with E-state index in [4.69, 9.17) is 0 Å². The summed E-state index contributed by atoms with van der Waals surface area (Å²) >= 11 is 0. The van der Waals surface area contributed by atoms with E-state index in [1.54, 1.807) is 13.0 Å². The van der Waals surface area contributed by atoms with Crippen LogP contribution < -0.4 is 10.6 Å². The molecule has 0 aromatic heterocycles. The molecule has 2 unspecified atom stereocenters. The Labute approximate surface area is 277 Å². The maximum absolute atomic E-state index is 14.6. The van der Waals surface area contributed by atoms with E-state index in [-0.39, 0.29) is 17.5 Å². The van der Waals surface area contributed by atoms with Crippen molar-refractivity contribution < 1.29 is 18.0 Å². The Bertz CT molecular complexity index is 1150. The molecule has 1 aromatic carbocycles. The first kappa shape index (κ1) is 39.4. The molecule has 5 nitrogen and oxygen atoms in total. The topological polar surface area (TPSA) is 56.7 Å². The summed E-state index contributed by atoms with van der Waals surface area (Å²) in [5, 5.41) is 6.45. The van der Waals surface area contributed by atoms with E-state index < -0.39 is 11.7 Å². The second kappa shape index (κ2) is 20.5. The Kier molecular flexibility index (Phi) is 17.5. The smallest absolute Gasteiger partial charge is 0.384 e. The number of benzene rings is 1. The molecule has 0 spiro atoms. The fourth-order valence-electron chi connectivity index (χ4n) is 5.91. The number of aliphatic imine (C=N–C) groups is 1. The summed E-state index contributed by atoms with van der Waals surface area (Å²) in [7, 11) is 0. The van der Waals surface area contributed by atoms with E-state index in [1.165, 1.54) is 5.56 Å². The van der Waals surface area contributed by atoms with Crippen LogP contribution in [-0.4, -0.2) is 42.5 Å². The lowest BCUT2D eigenvalue weighted by atomic mass is 9.75. The number of unbranched alkanes of at least 4 members (excludes halogenated alkanes) is 3. The van der Waals surface area contributed by atoms with Crippen molar-refractivity contribution >= 4 is 17.4 Å². The molecule has 8 heteroatoms. The van der Waals surface area contributed by atoms with Crippen molar-refractivity contribution in [1.29, 1.82) is 0 Å². The highest BCUT2D eigenvalue weighted by molar-refractivity contribution is 5.94. The molecule has 46 heavy (non-hydrogen) atoms. The maximum Gasteiger partial charge on any atom is 0.419 e. The minimum absolute atomic E-state index is 0.0682. The van der Waals surface area contributed by atoms with Crippen LogP contribution in [0.5, 0.6) is 0 Å². The van der Waals surface area contributed by atoms with Gasteiger partial charge >= 0.3 is 6.18 Å². The third-order valence-corrected chi connectivity index (χ3v) is 9.29. The number of amidine groups is 1. The number of alkyl halides is 3. The van der Waals surface area contributed by atoms with E-state index in [1.807, 2.05) is 17.9 Å². The van der Waals surface area contributed by atoms with E-state index in [9.17, 15) is 18.0 Å². The number of anilines is 1. The number of aryl methyl sites for hydroxylation is 1. The fourth-order valence-corrected chi connectivity index (χ4v) is 5.91. The van der Waals surface area contributed by atoms with Gasteiger partial charge in [-0.15, -0.1) is 0 Å². The summed E-state index contributed by atoms with van der Waals surface area (Å²) in [6.07, 6.45) is 8.72. The summed E-state index contributed by atoms with van der Waals surface area (Å²) in [5.74, 6) is 1.50. The van der Waals surface area contributed by atoms with Crippen molar-refractivity contribution in [3.8, 4) is 0 Å². The van der Waals surface area contributed by atoms with Gasteiger partial charge in [0, 0.05) is 43.6 Å². The van der Waals surface area contributed by atoms with Gasteiger partial charge in [-0.1, -0.05) is 98.3 Å². The van der Waals surface area contributed by atoms with Crippen LogP contribution in [0.1, 0.15) is 136 Å². The molecular weight excluding hydrogens is 585 g/mol. The number of nitrogens with one attached hydrogen (secondary N) is 2. The lowest BCUT2D eigenvalue weighted by molar-refractivity contribution is -0.132. The van der Waals surface area contributed by atoms with Gasteiger partial charge in [-0.3, -0.25) is 4.79 Å². The SMILES string of the molecule is CCC/C=C(NCC(CN(CCC)C(=O)CCCCC)C1CCC1)/C(=C\N=C(C)Nc1ccc(C(C)CC)cc1CC)C(F)(F)F. The van der Waals surface area contributed by atoms with E-state index in [0.717, 1.165) is 81.7 Å². The zero-order chi connectivity index (χ0) is 34.1. The van der Waals surface area contributed by atoms with Crippen LogP contribution in [0, 0.1) is 11.8 Å². The predicted molar refractivity (Wildman–Crippen MR) is 188 cm³/mol. The molecule has 2 rings (SSSR count). The molecule has 1 aliphatic rings. The van der Waals surface area contributed by atoms with Gasteiger partial charge in [-0.05, 0) is 74.0 Å². The maximum atomic E-state index is 14.6. The van der Waals surface area contributed by atoms with Gasteiger partial charge in [0.05, 0.1) is 5.57 Å². The van der Waals surface area contributed by atoms with E-state index in [2.05, 4.69) is 62.4 Å². The molecule has 2 atom stereocenters. The second-order valence-corrected chi connectivity index (χ2v) is 13.0. The van der Waals surface area contributed by atoms with Crippen molar-refractivity contribution in [2.75, 3.05) is 25.0 Å². The number of hydrogen-bond acceptors (Lipinski definition) is 3. The largest absolute Gasteiger partial charge is 0.419 e. The number of allylic oxidation sites excluding steroid dienone is 2. The molecule has 1 fully saturated rings. The van der Waals surface area contributed by atoms with Gasteiger partial charge in [0.25, 0.3) is 0 Å². The van der Waals surface area contributed by atoms with E-state index in [0.29, 0.717) is 50.1 Å².